The van der Waals surface area contributed by atoms with Crippen LogP contribution in [0.25, 0.3) is 0 Å². The van der Waals surface area contributed by atoms with E-state index in [0.717, 1.165) is 37.3 Å². The lowest BCUT2D eigenvalue weighted by atomic mass is 10.2. The summed E-state index contributed by atoms with van der Waals surface area (Å²) in [6, 6.07) is 12.2. The van der Waals surface area contributed by atoms with E-state index in [1.807, 2.05) is 54.4 Å². The van der Waals surface area contributed by atoms with Crippen molar-refractivity contribution in [3.8, 4) is 0 Å². The van der Waals surface area contributed by atoms with Crippen molar-refractivity contribution in [1.82, 2.24) is 14.9 Å². The summed E-state index contributed by atoms with van der Waals surface area (Å²) in [4.78, 5) is 21.4. The van der Waals surface area contributed by atoms with E-state index in [1.165, 1.54) is 25.7 Å². The number of benzene rings is 1. The van der Waals surface area contributed by atoms with Gasteiger partial charge >= 0.3 is 0 Å². The number of imidazole rings is 1. The molecular formula is C24H39N3O. The van der Waals surface area contributed by atoms with Crippen molar-refractivity contribution in [2.24, 2.45) is 0 Å². The van der Waals surface area contributed by atoms with Gasteiger partial charge in [0.05, 0.1) is 6.04 Å². The maximum atomic E-state index is 11.8. The zero-order valence-electron chi connectivity index (χ0n) is 18.3. The molecule has 1 N–H and O–H groups in total. The molecule has 0 radical (unpaired) electrons. The van der Waals surface area contributed by atoms with Gasteiger partial charge in [-0.2, -0.15) is 0 Å². The normalized spacial score (nSPS) is 15.3. The Morgan fingerprint density at radius 2 is 1.61 bits per heavy atom. The SMILES string of the molecule is CCC(=O)N1CCC[C@H]1c1ncc(CC)[nH]1.CCCCCC.c1ccccc1. The number of aromatic nitrogens is 2. The molecule has 1 saturated heterocycles. The molecule has 28 heavy (non-hydrogen) atoms. The highest BCUT2D eigenvalue weighted by atomic mass is 16.2. The van der Waals surface area contributed by atoms with E-state index in [1.54, 1.807) is 0 Å². The largest absolute Gasteiger partial charge is 0.344 e. The first kappa shape index (κ1) is 23.9. The minimum absolute atomic E-state index is 0.174. The lowest BCUT2D eigenvalue weighted by Gasteiger charge is -2.22. The number of hydrogen-bond donors (Lipinski definition) is 1. The molecule has 0 aliphatic carbocycles. The Hall–Kier alpha value is -2.10. The van der Waals surface area contributed by atoms with Crippen molar-refractivity contribution < 1.29 is 4.79 Å². The molecule has 156 valence electrons. The number of likely N-dealkylation sites (tertiary alicyclic amines) is 1. The Kier molecular flexibility index (Phi) is 12.7. The Labute approximate surface area is 171 Å². The highest BCUT2D eigenvalue weighted by Gasteiger charge is 2.30. The quantitative estimate of drug-likeness (QED) is 0.592. The van der Waals surface area contributed by atoms with Crippen molar-refractivity contribution in [2.75, 3.05) is 6.54 Å². The average molecular weight is 386 g/mol. The Morgan fingerprint density at radius 1 is 1.04 bits per heavy atom. The van der Waals surface area contributed by atoms with Crippen LogP contribution in [0.5, 0.6) is 0 Å². The van der Waals surface area contributed by atoms with E-state index in [2.05, 4.69) is 30.7 Å². The number of nitrogens with zero attached hydrogens (tertiary/aromatic N) is 2. The van der Waals surface area contributed by atoms with Crippen LogP contribution in [0.15, 0.2) is 42.6 Å². The molecule has 2 aromatic rings. The Balaban J connectivity index is 0.000000268. The van der Waals surface area contributed by atoms with Crippen LogP contribution in [-0.2, 0) is 11.2 Å². The standard InChI is InChI=1S/C12H19N3O.C6H6.C6H14/c1-3-9-8-13-12(14-9)10-6-5-7-15(10)11(16)4-2;1-2-4-6-5-3-1;1-3-5-6-4-2/h8,10H,3-7H2,1-2H3,(H,13,14);1-6H;3-6H2,1-2H3/t10-;;/m0../s1. The minimum Gasteiger partial charge on any atom is -0.344 e. The number of aryl methyl sites for hydroxylation is 1. The molecule has 4 nitrogen and oxygen atoms in total. The van der Waals surface area contributed by atoms with E-state index in [4.69, 9.17) is 0 Å². The third-order valence-corrected chi connectivity index (χ3v) is 4.84. The van der Waals surface area contributed by atoms with Crippen LogP contribution < -0.4 is 0 Å². The fourth-order valence-electron chi connectivity index (χ4n) is 3.16. The molecule has 3 rings (SSSR count). The second-order valence-corrected chi connectivity index (χ2v) is 7.11. The molecule has 0 saturated carbocycles. The van der Waals surface area contributed by atoms with E-state index in [-0.39, 0.29) is 11.9 Å². The maximum Gasteiger partial charge on any atom is 0.222 e. The van der Waals surface area contributed by atoms with E-state index in [0.29, 0.717) is 6.42 Å². The number of hydrogen-bond acceptors (Lipinski definition) is 2. The van der Waals surface area contributed by atoms with Gasteiger partial charge in [0.25, 0.3) is 0 Å². The summed E-state index contributed by atoms with van der Waals surface area (Å²) >= 11 is 0. The van der Waals surface area contributed by atoms with Crippen molar-refractivity contribution in [3.63, 3.8) is 0 Å². The molecule has 1 aliphatic heterocycles. The fraction of sp³-hybridized carbons (Fsp3) is 0.583. The topological polar surface area (TPSA) is 49.0 Å². The third kappa shape index (κ3) is 8.73. The molecule has 1 aliphatic rings. The summed E-state index contributed by atoms with van der Waals surface area (Å²) in [5, 5.41) is 0. The molecule has 0 bridgehead atoms. The number of carbonyl (C=O) groups is 1. The molecule has 1 aromatic carbocycles. The van der Waals surface area contributed by atoms with Gasteiger partial charge in [-0.15, -0.1) is 0 Å². The van der Waals surface area contributed by atoms with Gasteiger partial charge in [0.15, 0.2) is 0 Å². The number of nitrogens with one attached hydrogen (secondary N) is 1. The van der Waals surface area contributed by atoms with Crippen molar-refractivity contribution in [2.45, 2.75) is 85.1 Å². The first-order valence-electron chi connectivity index (χ1n) is 11.0. The van der Waals surface area contributed by atoms with E-state index >= 15 is 0 Å². The van der Waals surface area contributed by atoms with Crippen LogP contribution in [0.3, 0.4) is 0 Å². The fourth-order valence-corrected chi connectivity index (χ4v) is 3.16. The first-order chi connectivity index (χ1) is 13.7. The van der Waals surface area contributed by atoms with E-state index < -0.39 is 0 Å². The van der Waals surface area contributed by atoms with Gasteiger partial charge in [0.2, 0.25) is 5.91 Å². The monoisotopic (exact) mass is 385 g/mol. The van der Waals surface area contributed by atoms with Crippen LogP contribution in [0.1, 0.15) is 90.2 Å². The summed E-state index contributed by atoms with van der Waals surface area (Å²) in [6.07, 6.45) is 11.1. The predicted molar refractivity (Wildman–Crippen MR) is 118 cm³/mol. The van der Waals surface area contributed by atoms with Crippen LogP contribution in [-0.4, -0.2) is 27.3 Å². The average Bonchev–Trinajstić information content (AvgIpc) is 3.43. The summed E-state index contributed by atoms with van der Waals surface area (Å²) in [7, 11) is 0. The molecule has 1 aromatic heterocycles. The van der Waals surface area contributed by atoms with Crippen LogP contribution in [0, 0.1) is 0 Å². The smallest absolute Gasteiger partial charge is 0.222 e. The summed E-state index contributed by atoms with van der Waals surface area (Å²) in [5.41, 5.74) is 1.14. The van der Waals surface area contributed by atoms with Crippen LogP contribution >= 0.6 is 0 Å². The number of H-pyrrole nitrogens is 1. The van der Waals surface area contributed by atoms with Crippen molar-refractivity contribution in [1.29, 1.82) is 0 Å². The predicted octanol–water partition coefficient (Wildman–Crippen LogP) is 6.32. The molecule has 1 amide bonds. The van der Waals surface area contributed by atoms with Crippen LogP contribution in [0.4, 0.5) is 0 Å². The Morgan fingerprint density at radius 3 is 2.04 bits per heavy atom. The molecule has 0 unspecified atom stereocenters. The van der Waals surface area contributed by atoms with Gasteiger partial charge in [-0.3, -0.25) is 4.79 Å². The molecular weight excluding hydrogens is 346 g/mol. The van der Waals surface area contributed by atoms with Gasteiger partial charge in [0, 0.05) is 24.9 Å². The molecule has 4 heteroatoms. The molecule has 1 fully saturated rings. The zero-order chi connectivity index (χ0) is 20.6. The molecule has 0 spiro atoms. The number of amides is 1. The summed E-state index contributed by atoms with van der Waals surface area (Å²) in [6.45, 7) is 9.35. The minimum atomic E-state index is 0.174. The lowest BCUT2D eigenvalue weighted by molar-refractivity contribution is -0.131. The number of rotatable bonds is 6. The highest BCUT2D eigenvalue weighted by molar-refractivity contribution is 5.76. The van der Waals surface area contributed by atoms with Crippen molar-refractivity contribution >= 4 is 5.91 Å². The molecule has 1 atom stereocenters. The van der Waals surface area contributed by atoms with Crippen molar-refractivity contribution in [3.05, 3.63) is 54.1 Å². The van der Waals surface area contributed by atoms with Gasteiger partial charge in [-0.05, 0) is 19.3 Å². The number of aromatic amines is 1. The summed E-state index contributed by atoms with van der Waals surface area (Å²) in [5.74, 6) is 1.19. The van der Waals surface area contributed by atoms with Gasteiger partial charge in [-0.1, -0.05) is 89.8 Å². The number of carbonyl (C=O) groups excluding carboxylic acids is 1. The van der Waals surface area contributed by atoms with E-state index in [9.17, 15) is 4.79 Å². The maximum absolute atomic E-state index is 11.8. The number of unbranched alkanes of at least 4 members (excludes halogenated alkanes) is 3. The Bertz CT molecular complexity index is 593. The second-order valence-electron chi connectivity index (χ2n) is 7.11. The second kappa shape index (κ2) is 14.9. The molecule has 2 heterocycles. The summed E-state index contributed by atoms with van der Waals surface area (Å²) < 4.78 is 0. The van der Waals surface area contributed by atoms with Gasteiger partial charge in [0.1, 0.15) is 5.82 Å². The first-order valence-corrected chi connectivity index (χ1v) is 11.0. The van der Waals surface area contributed by atoms with Gasteiger partial charge < -0.3 is 9.88 Å². The van der Waals surface area contributed by atoms with Crippen LogP contribution in [0.2, 0.25) is 0 Å². The zero-order valence-corrected chi connectivity index (χ0v) is 18.3. The van der Waals surface area contributed by atoms with Gasteiger partial charge in [-0.25, -0.2) is 4.98 Å². The lowest BCUT2D eigenvalue weighted by Crippen LogP contribution is -2.30. The third-order valence-electron chi connectivity index (χ3n) is 4.84. The highest BCUT2D eigenvalue weighted by Crippen LogP contribution is 2.30.